The largest absolute Gasteiger partial charge is 0.313 e. The Balaban J connectivity index is 2.32. The SMILES string of the molecule is CCCCCCCCCC(NC)c1cc(Cl)cc(Br)c1. The fraction of sp³-hybridized carbons (Fsp3) is 0.647. The lowest BCUT2D eigenvalue weighted by atomic mass is 9.99. The average molecular weight is 361 g/mol. The lowest BCUT2D eigenvalue weighted by molar-refractivity contribution is 0.496. The lowest BCUT2D eigenvalue weighted by Crippen LogP contribution is -2.16. The Labute approximate surface area is 137 Å². The highest BCUT2D eigenvalue weighted by atomic mass is 79.9. The molecule has 0 spiro atoms. The summed E-state index contributed by atoms with van der Waals surface area (Å²) in [6.45, 7) is 2.26. The quantitative estimate of drug-likeness (QED) is 0.469. The molecule has 0 bridgehead atoms. The van der Waals surface area contributed by atoms with Gasteiger partial charge in [0.15, 0.2) is 0 Å². The molecule has 0 aliphatic rings. The van der Waals surface area contributed by atoms with Crippen LogP contribution in [0.1, 0.15) is 69.9 Å². The molecule has 0 amide bonds. The van der Waals surface area contributed by atoms with E-state index < -0.39 is 0 Å². The van der Waals surface area contributed by atoms with E-state index in [2.05, 4.69) is 40.3 Å². The second-order valence-corrected chi connectivity index (χ2v) is 6.81. The van der Waals surface area contributed by atoms with Gasteiger partial charge in [0.25, 0.3) is 0 Å². The van der Waals surface area contributed by atoms with Gasteiger partial charge < -0.3 is 5.32 Å². The van der Waals surface area contributed by atoms with Crippen molar-refractivity contribution in [2.75, 3.05) is 7.05 Å². The van der Waals surface area contributed by atoms with E-state index in [1.807, 2.05) is 13.1 Å². The predicted octanol–water partition coefficient (Wildman–Crippen LogP) is 6.50. The number of hydrogen-bond acceptors (Lipinski definition) is 1. The van der Waals surface area contributed by atoms with Crippen molar-refractivity contribution in [2.24, 2.45) is 0 Å². The highest BCUT2D eigenvalue weighted by Crippen LogP contribution is 2.26. The van der Waals surface area contributed by atoms with Crippen LogP contribution < -0.4 is 5.32 Å². The van der Waals surface area contributed by atoms with E-state index in [0.717, 1.165) is 9.50 Å². The number of unbranched alkanes of at least 4 members (excludes halogenated alkanes) is 6. The van der Waals surface area contributed by atoms with Crippen LogP contribution in [0.25, 0.3) is 0 Å². The summed E-state index contributed by atoms with van der Waals surface area (Å²) in [7, 11) is 2.03. The molecule has 1 aromatic rings. The molecule has 0 aliphatic heterocycles. The summed E-state index contributed by atoms with van der Waals surface area (Å²) in [4.78, 5) is 0. The molecule has 0 fully saturated rings. The summed E-state index contributed by atoms with van der Waals surface area (Å²) in [5.74, 6) is 0. The fourth-order valence-electron chi connectivity index (χ4n) is 2.56. The molecule has 114 valence electrons. The Hall–Kier alpha value is -0.0500. The van der Waals surface area contributed by atoms with Crippen molar-refractivity contribution < 1.29 is 0 Å². The van der Waals surface area contributed by atoms with Crippen LogP contribution in [0, 0.1) is 0 Å². The fourth-order valence-corrected chi connectivity index (χ4v) is 3.45. The van der Waals surface area contributed by atoms with Crippen molar-refractivity contribution >= 4 is 27.5 Å². The third kappa shape index (κ3) is 7.10. The van der Waals surface area contributed by atoms with Crippen LogP contribution in [-0.4, -0.2) is 7.05 Å². The standard InChI is InChI=1S/C17H27BrClN/c1-3-4-5-6-7-8-9-10-17(20-2)14-11-15(18)13-16(19)12-14/h11-13,17,20H,3-10H2,1-2H3. The van der Waals surface area contributed by atoms with Gasteiger partial charge in [0, 0.05) is 15.5 Å². The molecule has 1 nitrogen and oxygen atoms in total. The second-order valence-electron chi connectivity index (χ2n) is 5.45. The van der Waals surface area contributed by atoms with E-state index >= 15 is 0 Å². The van der Waals surface area contributed by atoms with Crippen LogP contribution in [0.5, 0.6) is 0 Å². The molecule has 1 atom stereocenters. The average Bonchev–Trinajstić information content (AvgIpc) is 2.41. The summed E-state index contributed by atoms with van der Waals surface area (Å²) < 4.78 is 1.06. The number of nitrogens with one attached hydrogen (secondary N) is 1. The maximum Gasteiger partial charge on any atom is 0.0420 e. The van der Waals surface area contributed by atoms with Gasteiger partial charge in [0.1, 0.15) is 0 Å². The van der Waals surface area contributed by atoms with E-state index in [0.29, 0.717) is 6.04 Å². The molecule has 1 N–H and O–H groups in total. The topological polar surface area (TPSA) is 12.0 Å². The molecule has 0 aromatic heterocycles. The van der Waals surface area contributed by atoms with Gasteiger partial charge in [0.05, 0.1) is 0 Å². The van der Waals surface area contributed by atoms with Gasteiger partial charge in [-0.1, -0.05) is 79.4 Å². The zero-order valence-corrected chi connectivity index (χ0v) is 15.1. The summed E-state index contributed by atoms with van der Waals surface area (Å²) in [6.07, 6.45) is 10.7. The number of rotatable bonds is 10. The molecule has 0 saturated heterocycles. The van der Waals surface area contributed by atoms with Gasteiger partial charge in [-0.15, -0.1) is 0 Å². The first kappa shape index (κ1) is 18.0. The van der Waals surface area contributed by atoms with Crippen molar-refractivity contribution in [1.82, 2.24) is 5.32 Å². The molecule has 0 radical (unpaired) electrons. The van der Waals surface area contributed by atoms with E-state index in [1.165, 1.54) is 56.9 Å². The first-order valence-electron chi connectivity index (χ1n) is 7.80. The second kappa shape index (κ2) is 10.6. The number of benzene rings is 1. The minimum atomic E-state index is 0.403. The van der Waals surface area contributed by atoms with Crippen LogP contribution in [0.3, 0.4) is 0 Å². The zero-order chi connectivity index (χ0) is 14.8. The molecular weight excluding hydrogens is 334 g/mol. The monoisotopic (exact) mass is 359 g/mol. The van der Waals surface area contributed by atoms with Crippen LogP contribution in [0.15, 0.2) is 22.7 Å². The highest BCUT2D eigenvalue weighted by Gasteiger charge is 2.10. The summed E-state index contributed by atoms with van der Waals surface area (Å²) >= 11 is 9.64. The number of halogens is 2. The molecule has 1 aromatic carbocycles. The van der Waals surface area contributed by atoms with E-state index in [4.69, 9.17) is 11.6 Å². The van der Waals surface area contributed by atoms with E-state index in [9.17, 15) is 0 Å². The van der Waals surface area contributed by atoms with Crippen LogP contribution >= 0.6 is 27.5 Å². The zero-order valence-electron chi connectivity index (χ0n) is 12.7. The maximum atomic E-state index is 6.13. The molecule has 0 aliphatic carbocycles. The number of hydrogen-bond donors (Lipinski definition) is 1. The minimum absolute atomic E-state index is 0.403. The molecule has 1 rings (SSSR count). The Morgan fingerprint density at radius 2 is 1.70 bits per heavy atom. The Morgan fingerprint density at radius 1 is 1.05 bits per heavy atom. The van der Waals surface area contributed by atoms with Gasteiger partial charge in [-0.3, -0.25) is 0 Å². The van der Waals surface area contributed by atoms with Gasteiger partial charge in [-0.25, -0.2) is 0 Å². The minimum Gasteiger partial charge on any atom is -0.313 e. The van der Waals surface area contributed by atoms with Gasteiger partial charge in [-0.2, -0.15) is 0 Å². The predicted molar refractivity (Wildman–Crippen MR) is 93.6 cm³/mol. The third-order valence-corrected chi connectivity index (χ3v) is 4.41. The Bertz CT molecular complexity index is 361. The third-order valence-electron chi connectivity index (χ3n) is 3.73. The summed E-state index contributed by atoms with van der Waals surface area (Å²) in [6, 6.07) is 6.56. The van der Waals surface area contributed by atoms with Crippen molar-refractivity contribution in [3.8, 4) is 0 Å². The van der Waals surface area contributed by atoms with E-state index in [-0.39, 0.29) is 0 Å². The maximum absolute atomic E-state index is 6.13. The van der Waals surface area contributed by atoms with Crippen LogP contribution in [-0.2, 0) is 0 Å². The van der Waals surface area contributed by atoms with Gasteiger partial charge >= 0.3 is 0 Å². The molecule has 3 heteroatoms. The lowest BCUT2D eigenvalue weighted by Gasteiger charge is -2.17. The molecule has 0 heterocycles. The van der Waals surface area contributed by atoms with Crippen molar-refractivity contribution in [3.63, 3.8) is 0 Å². The molecular formula is C17H27BrClN. The van der Waals surface area contributed by atoms with Crippen molar-refractivity contribution in [2.45, 2.75) is 64.3 Å². The van der Waals surface area contributed by atoms with Gasteiger partial charge in [0.2, 0.25) is 0 Å². The van der Waals surface area contributed by atoms with Crippen molar-refractivity contribution in [3.05, 3.63) is 33.3 Å². The van der Waals surface area contributed by atoms with Crippen molar-refractivity contribution in [1.29, 1.82) is 0 Å². The first-order chi connectivity index (χ1) is 9.67. The first-order valence-corrected chi connectivity index (χ1v) is 8.97. The van der Waals surface area contributed by atoms with E-state index in [1.54, 1.807) is 0 Å². The molecule has 20 heavy (non-hydrogen) atoms. The van der Waals surface area contributed by atoms with Gasteiger partial charge in [-0.05, 0) is 37.2 Å². The molecule has 1 unspecified atom stereocenters. The summed E-state index contributed by atoms with van der Waals surface area (Å²) in [5.41, 5.74) is 1.28. The van der Waals surface area contributed by atoms with Crippen LogP contribution in [0.4, 0.5) is 0 Å². The van der Waals surface area contributed by atoms with Crippen LogP contribution in [0.2, 0.25) is 5.02 Å². The normalized spacial score (nSPS) is 12.6. The Kier molecular flexibility index (Phi) is 9.58. The molecule has 0 saturated carbocycles. The smallest absolute Gasteiger partial charge is 0.0420 e. The summed E-state index contributed by atoms with van der Waals surface area (Å²) in [5, 5.41) is 4.20. The Morgan fingerprint density at radius 3 is 2.30 bits per heavy atom. The highest BCUT2D eigenvalue weighted by molar-refractivity contribution is 9.10.